The summed E-state index contributed by atoms with van der Waals surface area (Å²) in [5.41, 5.74) is 9.02. The summed E-state index contributed by atoms with van der Waals surface area (Å²) in [5.74, 6) is -0.951. The Hall–Kier alpha value is -1.61. The van der Waals surface area contributed by atoms with Crippen LogP contribution >= 0.6 is 0 Å². The zero-order chi connectivity index (χ0) is 11.5. The highest BCUT2D eigenvalue weighted by molar-refractivity contribution is 5.73. The van der Waals surface area contributed by atoms with E-state index in [4.69, 9.17) is 10.8 Å². The third kappa shape index (κ3) is 2.31. The van der Waals surface area contributed by atoms with Crippen molar-refractivity contribution in [2.24, 2.45) is 5.73 Å². The number of aliphatic carboxylic acids is 1. The number of carboxylic acid groups (broad SMARTS) is 1. The molecule has 0 radical (unpaired) electrons. The first-order valence-corrected chi connectivity index (χ1v) is 5.43. The zero-order valence-corrected chi connectivity index (χ0v) is 9.02. The molecule has 16 heavy (non-hydrogen) atoms. The van der Waals surface area contributed by atoms with Gasteiger partial charge >= 0.3 is 5.97 Å². The van der Waals surface area contributed by atoms with Gasteiger partial charge in [0.1, 0.15) is 6.04 Å². The molecule has 1 aromatic rings. The number of rotatable bonds is 3. The minimum absolute atomic E-state index is 0.385. The average Bonchev–Trinajstić information content (AvgIpc) is 2.28. The molecule has 1 aliphatic rings. The van der Waals surface area contributed by atoms with E-state index in [0.717, 1.165) is 18.4 Å². The van der Waals surface area contributed by atoms with Gasteiger partial charge in [0.2, 0.25) is 0 Å². The van der Waals surface area contributed by atoms with E-state index in [1.165, 1.54) is 11.1 Å². The summed E-state index contributed by atoms with van der Waals surface area (Å²) >= 11 is 0. The van der Waals surface area contributed by atoms with E-state index in [0.29, 0.717) is 6.42 Å². The van der Waals surface area contributed by atoms with Crippen molar-refractivity contribution in [3.63, 3.8) is 0 Å². The van der Waals surface area contributed by atoms with Gasteiger partial charge in [-0.3, -0.25) is 4.79 Å². The number of fused-ring (bicyclic) bond motifs is 1. The van der Waals surface area contributed by atoms with Crippen LogP contribution in [0.3, 0.4) is 0 Å². The third-order valence-corrected chi connectivity index (χ3v) is 2.86. The first-order valence-electron chi connectivity index (χ1n) is 5.43. The minimum Gasteiger partial charge on any atom is -0.480 e. The largest absolute Gasteiger partial charge is 0.480 e. The molecule has 0 amide bonds. The van der Waals surface area contributed by atoms with Crippen LogP contribution in [0.25, 0.3) is 6.08 Å². The smallest absolute Gasteiger partial charge is 0.320 e. The van der Waals surface area contributed by atoms with Gasteiger partial charge < -0.3 is 10.8 Å². The molecule has 0 unspecified atom stereocenters. The number of aryl methyl sites for hydroxylation is 1. The summed E-state index contributed by atoms with van der Waals surface area (Å²) in [7, 11) is 0. The Morgan fingerprint density at radius 2 is 2.31 bits per heavy atom. The van der Waals surface area contributed by atoms with E-state index >= 15 is 0 Å². The minimum atomic E-state index is -0.951. The molecule has 2 rings (SSSR count). The van der Waals surface area contributed by atoms with Crippen molar-refractivity contribution in [2.45, 2.75) is 25.3 Å². The first-order chi connectivity index (χ1) is 7.66. The van der Waals surface area contributed by atoms with Gasteiger partial charge in [0.25, 0.3) is 0 Å². The summed E-state index contributed by atoms with van der Waals surface area (Å²) in [6.07, 6.45) is 6.77. The monoisotopic (exact) mass is 217 g/mol. The fourth-order valence-electron chi connectivity index (χ4n) is 1.94. The van der Waals surface area contributed by atoms with Gasteiger partial charge in [0, 0.05) is 0 Å². The number of carbonyl (C=O) groups is 1. The van der Waals surface area contributed by atoms with Crippen molar-refractivity contribution in [1.29, 1.82) is 0 Å². The van der Waals surface area contributed by atoms with E-state index in [1.54, 1.807) is 0 Å². The molecule has 84 valence electrons. The molecule has 0 saturated carbocycles. The van der Waals surface area contributed by atoms with Gasteiger partial charge in [-0.15, -0.1) is 0 Å². The molecule has 3 nitrogen and oxygen atoms in total. The summed E-state index contributed by atoms with van der Waals surface area (Å²) in [5, 5.41) is 8.74. The molecule has 0 heterocycles. The quantitative estimate of drug-likeness (QED) is 0.808. The highest BCUT2D eigenvalue weighted by atomic mass is 16.4. The maximum atomic E-state index is 10.7. The Kier molecular flexibility index (Phi) is 3.06. The normalized spacial score (nSPS) is 15.6. The lowest BCUT2D eigenvalue weighted by atomic mass is 9.94. The van der Waals surface area contributed by atoms with Gasteiger partial charge in [0.05, 0.1) is 0 Å². The number of hydrogen-bond acceptors (Lipinski definition) is 2. The number of benzene rings is 1. The highest BCUT2D eigenvalue weighted by Crippen LogP contribution is 2.20. The lowest BCUT2D eigenvalue weighted by Gasteiger charge is -2.13. The molecule has 1 atom stereocenters. The summed E-state index contributed by atoms with van der Waals surface area (Å²) in [6, 6.07) is 5.27. The number of hydrogen-bond donors (Lipinski definition) is 2. The molecule has 0 saturated heterocycles. The molecule has 3 N–H and O–H groups in total. The van der Waals surface area contributed by atoms with Crippen LogP contribution in [-0.2, 0) is 17.6 Å². The van der Waals surface area contributed by atoms with Gasteiger partial charge in [-0.2, -0.15) is 0 Å². The van der Waals surface area contributed by atoms with Crippen LogP contribution in [0.4, 0.5) is 0 Å². The third-order valence-electron chi connectivity index (χ3n) is 2.86. The maximum absolute atomic E-state index is 10.7. The first kappa shape index (κ1) is 10.9. The van der Waals surface area contributed by atoms with E-state index in [2.05, 4.69) is 18.2 Å². The van der Waals surface area contributed by atoms with Crippen LogP contribution < -0.4 is 5.73 Å². The van der Waals surface area contributed by atoms with E-state index in [9.17, 15) is 4.79 Å². The Morgan fingerprint density at radius 1 is 1.50 bits per heavy atom. The molecular formula is C13H15NO2. The van der Waals surface area contributed by atoms with Gasteiger partial charge in [-0.05, 0) is 36.0 Å². The van der Waals surface area contributed by atoms with Crippen LogP contribution in [0.1, 0.15) is 23.1 Å². The predicted octanol–water partition coefficient (Wildman–Crippen LogP) is 1.60. The lowest BCUT2D eigenvalue weighted by Crippen LogP contribution is -2.32. The predicted molar refractivity (Wildman–Crippen MR) is 63.1 cm³/mol. The lowest BCUT2D eigenvalue weighted by molar-refractivity contribution is -0.138. The number of allylic oxidation sites excluding steroid dienone is 1. The molecule has 0 fully saturated rings. The van der Waals surface area contributed by atoms with Crippen molar-refractivity contribution in [3.05, 3.63) is 41.0 Å². The van der Waals surface area contributed by atoms with Gasteiger partial charge in [0.15, 0.2) is 0 Å². The molecule has 0 bridgehead atoms. The van der Waals surface area contributed by atoms with Crippen molar-refractivity contribution < 1.29 is 9.90 Å². The summed E-state index contributed by atoms with van der Waals surface area (Å²) in [6.45, 7) is 0. The van der Waals surface area contributed by atoms with Gasteiger partial charge in [-0.1, -0.05) is 30.4 Å². The molecule has 0 spiro atoms. The highest BCUT2D eigenvalue weighted by Gasteiger charge is 2.13. The van der Waals surface area contributed by atoms with E-state index < -0.39 is 12.0 Å². The van der Waals surface area contributed by atoms with Crippen LogP contribution in [0.15, 0.2) is 24.3 Å². The van der Waals surface area contributed by atoms with Crippen molar-refractivity contribution in [1.82, 2.24) is 0 Å². The van der Waals surface area contributed by atoms with Crippen LogP contribution in [0.2, 0.25) is 0 Å². The topological polar surface area (TPSA) is 63.3 Å². The Bertz CT molecular complexity index is 438. The van der Waals surface area contributed by atoms with E-state index in [-0.39, 0.29) is 0 Å². The van der Waals surface area contributed by atoms with E-state index in [1.807, 2.05) is 12.1 Å². The molecule has 1 aromatic carbocycles. The van der Waals surface area contributed by atoms with Crippen LogP contribution in [-0.4, -0.2) is 17.1 Å². The zero-order valence-electron chi connectivity index (χ0n) is 9.02. The van der Waals surface area contributed by atoms with Gasteiger partial charge in [-0.25, -0.2) is 0 Å². The van der Waals surface area contributed by atoms with Crippen LogP contribution in [0, 0.1) is 0 Å². The standard InChI is InChI=1S/C13H15NO2/c14-12(13(15)16)8-9-5-6-10-3-1-2-4-11(10)7-9/h2,4-7,12H,1,3,8,14H2,(H,15,16)/t12-/m1/s1. The Balaban J connectivity index is 2.18. The second-order valence-electron chi connectivity index (χ2n) is 4.12. The second kappa shape index (κ2) is 4.49. The molecular weight excluding hydrogens is 202 g/mol. The Labute approximate surface area is 94.6 Å². The summed E-state index contributed by atoms with van der Waals surface area (Å²) < 4.78 is 0. The van der Waals surface area contributed by atoms with Crippen LogP contribution in [0.5, 0.6) is 0 Å². The van der Waals surface area contributed by atoms with Crippen molar-refractivity contribution in [3.8, 4) is 0 Å². The SMILES string of the molecule is N[C@H](Cc1ccc2c(c1)C=CCC2)C(=O)O. The second-order valence-corrected chi connectivity index (χ2v) is 4.12. The van der Waals surface area contributed by atoms with Crippen molar-refractivity contribution >= 4 is 12.0 Å². The number of carboxylic acids is 1. The number of nitrogens with two attached hydrogens (primary N) is 1. The summed E-state index contributed by atoms with van der Waals surface area (Å²) in [4.78, 5) is 10.7. The maximum Gasteiger partial charge on any atom is 0.320 e. The molecule has 1 aliphatic carbocycles. The molecule has 0 aliphatic heterocycles. The van der Waals surface area contributed by atoms with Crippen molar-refractivity contribution in [2.75, 3.05) is 0 Å². The molecule has 0 aromatic heterocycles. The molecule has 3 heteroatoms. The fraction of sp³-hybridized carbons (Fsp3) is 0.308. The Morgan fingerprint density at radius 3 is 3.06 bits per heavy atom. The fourth-order valence-corrected chi connectivity index (χ4v) is 1.94. The average molecular weight is 217 g/mol.